The van der Waals surface area contributed by atoms with Crippen LogP contribution in [0.15, 0.2) is 22.7 Å². The predicted molar refractivity (Wildman–Crippen MR) is 72.2 cm³/mol. The van der Waals surface area contributed by atoms with Crippen LogP contribution in [0.5, 0.6) is 5.75 Å². The van der Waals surface area contributed by atoms with Gasteiger partial charge in [0, 0.05) is 16.6 Å². The lowest BCUT2D eigenvalue weighted by Crippen LogP contribution is -2.42. The maximum Gasteiger partial charge on any atom is 0.258 e. The molecule has 0 unspecified atom stereocenters. The number of amides is 1. The van der Waals surface area contributed by atoms with E-state index in [9.17, 15) is 9.90 Å². The Kier molecular flexibility index (Phi) is 4.57. The van der Waals surface area contributed by atoms with Crippen LogP contribution in [0.3, 0.4) is 0 Å². The first-order valence-electron chi connectivity index (χ1n) is 5.65. The van der Waals surface area contributed by atoms with Crippen LogP contribution < -0.4 is 0 Å². The van der Waals surface area contributed by atoms with Crippen LogP contribution >= 0.6 is 15.9 Å². The molecule has 1 amide bonds. The fourth-order valence-electron chi connectivity index (χ4n) is 1.89. The highest BCUT2D eigenvalue weighted by Gasteiger charge is 2.23. The van der Waals surface area contributed by atoms with Crippen molar-refractivity contribution >= 4 is 21.8 Å². The van der Waals surface area contributed by atoms with Crippen molar-refractivity contribution in [2.45, 2.75) is 39.8 Å². The number of phenolic OH excluding ortho intramolecular Hbond substituents is 1. The van der Waals surface area contributed by atoms with Crippen molar-refractivity contribution in [2.75, 3.05) is 0 Å². The summed E-state index contributed by atoms with van der Waals surface area (Å²) in [4.78, 5) is 14.1. The lowest BCUT2D eigenvalue weighted by atomic mass is 10.1. The second kappa shape index (κ2) is 5.54. The third-order valence-corrected chi connectivity index (χ3v) is 3.03. The summed E-state index contributed by atoms with van der Waals surface area (Å²) in [7, 11) is 0. The smallest absolute Gasteiger partial charge is 0.258 e. The molecule has 0 spiro atoms. The standard InChI is InChI=1S/C13H18BrNO2/c1-8(2)15(9(3)4)13(17)11-6-5-10(14)7-12(11)16/h5-9,16H,1-4H3. The Balaban J connectivity index is 3.10. The Hall–Kier alpha value is -1.03. The zero-order valence-electron chi connectivity index (χ0n) is 10.6. The monoisotopic (exact) mass is 299 g/mol. The molecule has 0 heterocycles. The summed E-state index contributed by atoms with van der Waals surface area (Å²) in [5.41, 5.74) is 0.343. The van der Waals surface area contributed by atoms with Gasteiger partial charge in [0.05, 0.1) is 5.56 Å². The first-order valence-corrected chi connectivity index (χ1v) is 6.45. The second-order valence-corrected chi connectivity index (χ2v) is 5.48. The quantitative estimate of drug-likeness (QED) is 0.929. The first kappa shape index (κ1) is 14.0. The van der Waals surface area contributed by atoms with Crippen molar-refractivity contribution in [3.05, 3.63) is 28.2 Å². The van der Waals surface area contributed by atoms with E-state index in [-0.39, 0.29) is 23.7 Å². The number of carbonyl (C=O) groups excluding carboxylic acids is 1. The van der Waals surface area contributed by atoms with Crippen molar-refractivity contribution in [1.82, 2.24) is 4.90 Å². The van der Waals surface area contributed by atoms with Gasteiger partial charge in [0.2, 0.25) is 0 Å². The highest BCUT2D eigenvalue weighted by atomic mass is 79.9. The lowest BCUT2D eigenvalue weighted by Gasteiger charge is -2.31. The van der Waals surface area contributed by atoms with E-state index in [1.807, 2.05) is 27.7 Å². The average molecular weight is 300 g/mol. The molecule has 0 saturated heterocycles. The number of hydrogen-bond acceptors (Lipinski definition) is 2. The number of rotatable bonds is 3. The molecule has 0 aliphatic rings. The minimum absolute atomic E-state index is 0.00988. The number of halogens is 1. The fraction of sp³-hybridized carbons (Fsp3) is 0.462. The third-order valence-electron chi connectivity index (χ3n) is 2.54. The second-order valence-electron chi connectivity index (χ2n) is 4.56. The average Bonchev–Trinajstić information content (AvgIpc) is 2.15. The van der Waals surface area contributed by atoms with Gasteiger partial charge in [-0.3, -0.25) is 4.79 Å². The van der Waals surface area contributed by atoms with E-state index in [1.54, 1.807) is 17.0 Å². The molecule has 4 heteroatoms. The number of hydrogen-bond donors (Lipinski definition) is 1. The molecule has 0 fully saturated rings. The highest BCUT2D eigenvalue weighted by Crippen LogP contribution is 2.24. The van der Waals surface area contributed by atoms with Gasteiger partial charge in [-0.05, 0) is 45.9 Å². The van der Waals surface area contributed by atoms with E-state index < -0.39 is 0 Å². The molecule has 0 bridgehead atoms. The molecule has 1 aromatic carbocycles. The van der Waals surface area contributed by atoms with E-state index in [0.717, 1.165) is 4.47 Å². The maximum atomic E-state index is 12.3. The van der Waals surface area contributed by atoms with E-state index in [0.29, 0.717) is 5.56 Å². The van der Waals surface area contributed by atoms with Crippen LogP contribution in [0.1, 0.15) is 38.1 Å². The number of carbonyl (C=O) groups is 1. The van der Waals surface area contributed by atoms with Crippen LogP contribution in [0, 0.1) is 0 Å². The lowest BCUT2D eigenvalue weighted by molar-refractivity contribution is 0.0640. The predicted octanol–water partition coefficient (Wildman–Crippen LogP) is 3.41. The SMILES string of the molecule is CC(C)N(C(=O)c1ccc(Br)cc1O)C(C)C. The molecule has 0 saturated carbocycles. The van der Waals surface area contributed by atoms with Gasteiger partial charge in [-0.1, -0.05) is 15.9 Å². The van der Waals surface area contributed by atoms with Crippen LogP contribution in [-0.2, 0) is 0 Å². The molecule has 0 aliphatic carbocycles. The van der Waals surface area contributed by atoms with Crippen molar-refractivity contribution in [3.8, 4) is 5.75 Å². The summed E-state index contributed by atoms with van der Waals surface area (Å²) in [5, 5.41) is 9.80. The molecule has 3 nitrogen and oxygen atoms in total. The summed E-state index contributed by atoms with van der Waals surface area (Å²) < 4.78 is 0.757. The van der Waals surface area contributed by atoms with Crippen molar-refractivity contribution in [3.63, 3.8) is 0 Å². The molecular weight excluding hydrogens is 282 g/mol. The molecule has 1 aromatic rings. The van der Waals surface area contributed by atoms with E-state index >= 15 is 0 Å². The summed E-state index contributed by atoms with van der Waals surface area (Å²) >= 11 is 3.26. The van der Waals surface area contributed by atoms with Crippen LogP contribution in [0.2, 0.25) is 0 Å². The van der Waals surface area contributed by atoms with Crippen LogP contribution in [0.25, 0.3) is 0 Å². The Morgan fingerprint density at radius 1 is 1.24 bits per heavy atom. The van der Waals surface area contributed by atoms with Crippen LogP contribution in [0.4, 0.5) is 0 Å². The number of phenols is 1. The van der Waals surface area contributed by atoms with Crippen molar-refractivity contribution in [2.24, 2.45) is 0 Å². The van der Waals surface area contributed by atoms with Gasteiger partial charge in [0.1, 0.15) is 5.75 Å². The Morgan fingerprint density at radius 2 is 1.76 bits per heavy atom. The van der Waals surface area contributed by atoms with E-state index in [2.05, 4.69) is 15.9 Å². The fourth-order valence-corrected chi connectivity index (χ4v) is 2.24. The van der Waals surface area contributed by atoms with Gasteiger partial charge in [-0.2, -0.15) is 0 Å². The Morgan fingerprint density at radius 3 is 2.18 bits per heavy atom. The van der Waals surface area contributed by atoms with Gasteiger partial charge in [-0.25, -0.2) is 0 Å². The van der Waals surface area contributed by atoms with Gasteiger partial charge in [0.15, 0.2) is 0 Å². The van der Waals surface area contributed by atoms with Gasteiger partial charge in [-0.15, -0.1) is 0 Å². The highest BCUT2D eigenvalue weighted by molar-refractivity contribution is 9.10. The Bertz CT molecular complexity index is 408. The molecule has 1 rings (SSSR count). The van der Waals surface area contributed by atoms with Crippen molar-refractivity contribution < 1.29 is 9.90 Å². The minimum Gasteiger partial charge on any atom is -0.507 e. The zero-order chi connectivity index (χ0) is 13.2. The molecule has 0 aromatic heterocycles. The van der Waals surface area contributed by atoms with E-state index in [1.165, 1.54) is 6.07 Å². The zero-order valence-corrected chi connectivity index (χ0v) is 12.2. The first-order chi connectivity index (χ1) is 7.84. The molecule has 0 atom stereocenters. The molecule has 1 N–H and O–H groups in total. The van der Waals surface area contributed by atoms with Crippen molar-refractivity contribution in [1.29, 1.82) is 0 Å². The maximum absolute atomic E-state index is 12.3. The topological polar surface area (TPSA) is 40.5 Å². The molecule has 94 valence electrons. The molecule has 0 aliphatic heterocycles. The summed E-state index contributed by atoms with van der Waals surface area (Å²) in [6.45, 7) is 7.86. The van der Waals surface area contributed by atoms with E-state index in [4.69, 9.17) is 0 Å². The number of nitrogens with zero attached hydrogens (tertiary/aromatic N) is 1. The van der Waals surface area contributed by atoms with Gasteiger partial charge < -0.3 is 10.0 Å². The van der Waals surface area contributed by atoms with Gasteiger partial charge in [0.25, 0.3) is 5.91 Å². The minimum atomic E-state index is -0.139. The Labute approximate surface area is 111 Å². The van der Waals surface area contributed by atoms with Crippen LogP contribution in [-0.4, -0.2) is 28.0 Å². The third kappa shape index (κ3) is 3.22. The number of aromatic hydroxyl groups is 1. The number of benzene rings is 1. The normalized spacial score (nSPS) is 11.0. The molecule has 17 heavy (non-hydrogen) atoms. The largest absolute Gasteiger partial charge is 0.507 e. The van der Waals surface area contributed by atoms with Gasteiger partial charge >= 0.3 is 0 Å². The summed E-state index contributed by atoms with van der Waals surface area (Å²) in [5.74, 6) is -0.129. The summed E-state index contributed by atoms with van der Waals surface area (Å²) in [6.07, 6.45) is 0. The molecule has 0 radical (unpaired) electrons. The summed E-state index contributed by atoms with van der Waals surface area (Å²) in [6, 6.07) is 5.13. The molecular formula is C13H18BrNO2.